The van der Waals surface area contributed by atoms with Crippen molar-refractivity contribution in [3.8, 4) is 11.6 Å². The molecule has 2 aromatic carbocycles. The van der Waals surface area contributed by atoms with Crippen LogP contribution in [-0.4, -0.2) is 21.8 Å². The monoisotopic (exact) mass is 436 g/mol. The van der Waals surface area contributed by atoms with Gasteiger partial charge in [-0.1, -0.05) is 34.8 Å². The van der Waals surface area contributed by atoms with Gasteiger partial charge in [-0.15, -0.1) is 0 Å². The highest BCUT2D eigenvalue weighted by molar-refractivity contribution is 6.37. The van der Waals surface area contributed by atoms with Crippen LogP contribution in [0.3, 0.4) is 0 Å². The smallest absolute Gasteiger partial charge is 0.257 e. The van der Waals surface area contributed by atoms with E-state index in [4.69, 9.17) is 39.5 Å². The van der Waals surface area contributed by atoms with E-state index in [2.05, 4.69) is 15.3 Å². The Balaban J connectivity index is 1.87. The first-order valence-electron chi connectivity index (χ1n) is 7.60. The molecular weight excluding hydrogens is 429 g/mol. The molecule has 0 saturated heterocycles. The van der Waals surface area contributed by atoms with E-state index in [1.165, 1.54) is 48.8 Å². The third-order valence-corrected chi connectivity index (χ3v) is 4.17. The van der Waals surface area contributed by atoms with Gasteiger partial charge < -0.3 is 20.0 Å². The summed E-state index contributed by atoms with van der Waals surface area (Å²) in [6.45, 7) is 0. The maximum absolute atomic E-state index is 12.4. The molecule has 0 atom stereocenters. The number of halogens is 3. The largest absolute Gasteiger partial charge is 0.545 e. The van der Waals surface area contributed by atoms with E-state index in [0.29, 0.717) is 5.02 Å². The molecule has 28 heavy (non-hydrogen) atoms. The van der Waals surface area contributed by atoms with E-state index in [1.54, 1.807) is 0 Å². The minimum atomic E-state index is -1.51. The van der Waals surface area contributed by atoms with Gasteiger partial charge in [0.1, 0.15) is 5.75 Å². The third kappa shape index (κ3) is 4.69. The fourth-order valence-corrected chi connectivity index (χ4v) is 2.86. The number of carboxylic acid groups (broad SMARTS) is 1. The van der Waals surface area contributed by atoms with Gasteiger partial charge in [-0.3, -0.25) is 9.78 Å². The molecule has 1 N–H and O–H groups in total. The van der Waals surface area contributed by atoms with Gasteiger partial charge in [0.25, 0.3) is 5.91 Å². The Kier molecular flexibility index (Phi) is 5.99. The number of benzene rings is 2. The summed E-state index contributed by atoms with van der Waals surface area (Å²) in [5.74, 6) is -1.92. The number of rotatable bonds is 5. The lowest BCUT2D eigenvalue weighted by Gasteiger charge is -2.14. The van der Waals surface area contributed by atoms with E-state index in [1.807, 2.05) is 0 Å². The summed E-state index contributed by atoms with van der Waals surface area (Å²) in [4.78, 5) is 31.6. The molecule has 7 nitrogen and oxygen atoms in total. The molecule has 3 rings (SSSR count). The van der Waals surface area contributed by atoms with Crippen LogP contribution in [0.2, 0.25) is 15.2 Å². The summed E-state index contributed by atoms with van der Waals surface area (Å²) >= 11 is 17.5. The Labute approximate surface area is 173 Å². The number of carbonyl (C=O) groups excluding carboxylic acids is 2. The Morgan fingerprint density at radius 2 is 1.79 bits per heavy atom. The highest BCUT2D eigenvalue weighted by Crippen LogP contribution is 2.27. The molecule has 0 bridgehead atoms. The van der Waals surface area contributed by atoms with Crippen molar-refractivity contribution in [2.75, 3.05) is 5.32 Å². The topological polar surface area (TPSA) is 104 Å². The molecule has 1 heterocycles. The van der Waals surface area contributed by atoms with E-state index in [9.17, 15) is 14.7 Å². The van der Waals surface area contributed by atoms with Crippen LogP contribution >= 0.6 is 34.8 Å². The Morgan fingerprint density at radius 1 is 1.00 bits per heavy atom. The normalized spacial score (nSPS) is 10.4. The standard InChI is InChI=1S/C18H10Cl3N3O4/c19-9-1-3-11(13(20)5-9)17(25)23-14-4-2-10(6-12(14)18(26)27)28-16-8-22-7-15(21)24-16/h1-8H,(H,23,25)(H,26,27)/p-1. The van der Waals surface area contributed by atoms with Gasteiger partial charge in [0.05, 0.1) is 34.6 Å². The number of ether oxygens (including phenoxy) is 1. The lowest BCUT2D eigenvalue weighted by Crippen LogP contribution is -2.25. The minimum Gasteiger partial charge on any atom is -0.545 e. The van der Waals surface area contributed by atoms with E-state index >= 15 is 0 Å². The molecule has 10 heteroatoms. The summed E-state index contributed by atoms with van der Waals surface area (Å²) in [6, 6.07) is 8.28. The van der Waals surface area contributed by atoms with Crippen LogP contribution in [0.5, 0.6) is 11.6 Å². The van der Waals surface area contributed by atoms with Crippen LogP contribution in [0.15, 0.2) is 48.8 Å². The van der Waals surface area contributed by atoms with E-state index < -0.39 is 11.9 Å². The number of hydrogen-bond acceptors (Lipinski definition) is 6. The zero-order valence-electron chi connectivity index (χ0n) is 13.8. The summed E-state index contributed by atoms with van der Waals surface area (Å²) in [6.07, 6.45) is 2.63. The third-order valence-electron chi connectivity index (χ3n) is 3.44. The number of carboxylic acids is 1. The maximum Gasteiger partial charge on any atom is 0.257 e. The second-order valence-corrected chi connectivity index (χ2v) is 6.59. The summed E-state index contributed by atoms with van der Waals surface area (Å²) in [7, 11) is 0. The molecule has 1 aromatic heterocycles. The maximum atomic E-state index is 12.4. The lowest BCUT2D eigenvalue weighted by molar-refractivity contribution is -0.254. The highest BCUT2D eigenvalue weighted by atomic mass is 35.5. The van der Waals surface area contributed by atoms with Gasteiger partial charge in [-0.05, 0) is 36.4 Å². The number of carbonyl (C=O) groups is 2. The summed E-state index contributed by atoms with van der Waals surface area (Å²) in [5, 5.41) is 14.6. The summed E-state index contributed by atoms with van der Waals surface area (Å²) in [5.41, 5.74) is -0.170. The van der Waals surface area contributed by atoms with Gasteiger partial charge in [0.15, 0.2) is 5.15 Å². The van der Waals surface area contributed by atoms with E-state index in [-0.39, 0.29) is 38.6 Å². The molecule has 0 radical (unpaired) electrons. The van der Waals surface area contributed by atoms with Gasteiger partial charge >= 0.3 is 0 Å². The molecule has 0 unspecified atom stereocenters. The molecule has 0 saturated carbocycles. The van der Waals surface area contributed by atoms with Crippen molar-refractivity contribution in [1.29, 1.82) is 0 Å². The second-order valence-electron chi connectivity index (χ2n) is 5.36. The number of aromatic nitrogens is 2. The van der Waals surface area contributed by atoms with Crippen LogP contribution in [0.25, 0.3) is 0 Å². The zero-order valence-corrected chi connectivity index (χ0v) is 16.0. The van der Waals surface area contributed by atoms with Crippen molar-refractivity contribution in [2.45, 2.75) is 0 Å². The molecule has 0 aliphatic rings. The number of nitrogens with one attached hydrogen (secondary N) is 1. The minimum absolute atomic E-state index is 0.000505. The average molecular weight is 438 g/mol. The fourth-order valence-electron chi connectivity index (χ4n) is 2.22. The second kappa shape index (κ2) is 8.43. The number of anilines is 1. The van der Waals surface area contributed by atoms with Crippen molar-refractivity contribution in [1.82, 2.24) is 9.97 Å². The quantitative estimate of drug-likeness (QED) is 0.650. The van der Waals surface area contributed by atoms with Gasteiger partial charge in [-0.2, -0.15) is 4.98 Å². The van der Waals surface area contributed by atoms with Crippen molar-refractivity contribution in [2.24, 2.45) is 0 Å². The van der Waals surface area contributed by atoms with Crippen molar-refractivity contribution in [3.63, 3.8) is 0 Å². The van der Waals surface area contributed by atoms with Crippen LogP contribution in [-0.2, 0) is 0 Å². The lowest BCUT2D eigenvalue weighted by atomic mass is 10.1. The van der Waals surface area contributed by atoms with Crippen LogP contribution in [0.1, 0.15) is 20.7 Å². The Hall–Kier alpha value is -2.87. The Bertz CT molecular complexity index is 1080. The van der Waals surface area contributed by atoms with Gasteiger partial charge in [0, 0.05) is 10.6 Å². The predicted octanol–water partition coefficient (Wildman–Crippen LogP) is 3.84. The highest BCUT2D eigenvalue weighted by Gasteiger charge is 2.14. The number of hydrogen-bond donors (Lipinski definition) is 1. The fraction of sp³-hybridized carbons (Fsp3) is 0. The van der Waals surface area contributed by atoms with Crippen LogP contribution in [0.4, 0.5) is 5.69 Å². The SMILES string of the molecule is O=C(Nc1ccc(Oc2cncc(Cl)n2)cc1C(=O)[O-])c1ccc(Cl)cc1Cl. The first kappa shape index (κ1) is 19.9. The average Bonchev–Trinajstić information content (AvgIpc) is 2.62. The first-order chi connectivity index (χ1) is 13.3. The summed E-state index contributed by atoms with van der Waals surface area (Å²) < 4.78 is 5.43. The molecule has 0 fully saturated rings. The van der Waals surface area contributed by atoms with Crippen molar-refractivity contribution in [3.05, 3.63) is 75.1 Å². The van der Waals surface area contributed by atoms with Crippen LogP contribution in [0, 0.1) is 0 Å². The molecule has 1 amide bonds. The molecule has 0 spiro atoms. The molecule has 0 aliphatic heterocycles. The van der Waals surface area contributed by atoms with Crippen LogP contribution < -0.4 is 15.2 Å². The number of nitrogens with zero attached hydrogens (tertiary/aromatic N) is 2. The molecule has 3 aromatic rings. The van der Waals surface area contributed by atoms with Crippen molar-refractivity contribution >= 4 is 52.4 Å². The van der Waals surface area contributed by atoms with Gasteiger partial charge in [-0.25, -0.2) is 0 Å². The Morgan fingerprint density at radius 3 is 2.46 bits per heavy atom. The molecule has 0 aliphatic carbocycles. The first-order valence-corrected chi connectivity index (χ1v) is 8.74. The zero-order chi connectivity index (χ0) is 20.3. The number of aromatic carboxylic acids is 1. The predicted molar refractivity (Wildman–Crippen MR) is 102 cm³/mol. The number of amides is 1. The molecule has 142 valence electrons. The van der Waals surface area contributed by atoms with E-state index in [0.717, 1.165) is 0 Å². The van der Waals surface area contributed by atoms with Gasteiger partial charge in [0.2, 0.25) is 5.88 Å². The van der Waals surface area contributed by atoms with Crippen molar-refractivity contribution < 1.29 is 19.4 Å². The molecular formula is C18H9Cl3N3O4-.